The number of fused-ring (bicyclic) bond motifs is 1. The van der Waals surface area contributed by atoms with Crippen LogP contribution in [0.2, 0.25) is 0 Å². The van der Waals surface area contributed by atoms with E-state index in [2.05, 4.69) is 10.3 Å². The molecule has 6 nitrogen and oxygen atoms in total. The fourth-order valence-electron chi connectivity index (χ4n) is 3.18. The number of nitrogens with zero attached hydrogens (tertiary/aromatic N) is 2. The summed E-state index contributed by atoms with van der Waals surface area (Å²) in [7, 11) is 0. The highest BCUT2D eigenvalue weighted by molar-refractivity contribution is 7.13. The predicted octanol–water partition coefficient (Wildman–Crippen LogP) is 1.65. The van der Waals surface area contributed by atoms with Gasteiger partial charge in [0.1, 0.15) is 6.04 Å². The zero-order valence-corrected chi connectivity index (χ0v) is 12.6. The number of rotatable bonds is 3. The first-order valence-electron chi connectivity index (χ1n) is 7.17. The quantitative estimate of drug-likeness (QED) is 0.861. The molecule has 1 aromatic heterocycles. The van der Waals surface area contributed by atoms with Crippen molar-refractivity contribution in [3.63, 3.8) is 0 Å². The highest BCUT2D eigenvalue weighted by atomic mass is 32.1. The number of carbonyl (C=O) groups is 3. The molecule has 0 radical (unpaired) electrons. The van der Waals surface area contributed by atoms with Gasteiger partial charge in [0.2, 0.25) is 17.7 Å². The topological polar surface area (TPSA) is 79.4 Å². The van der Waals surface area contributed by atoms with Gasteiger partial charge in [-0.3, -0.25) is 19.3 Å². The Morgan fingerprint density at radius 1 is 1.33 bits per heavy atom. The Morgan fingerprint density at radius 2 is 1.95 bits per heavy atom. The molecule has 1 N–H and O–H groups in total. The van der Waals surface area contributed by atoms with Crippen molar-refractivity contribution in [1.82, 2.24) is 9.88 Å². The van der Waals surface area contributed by atoms with Gasteiger partial charge in [0.15, 0.2) is 5.13 Å². The Hall–Kier alpha value is -1.76. The molecule has 2 aliphatic rings. The molecule has 3 atom stereocenters. The molecule has 1 aromatic rings. The summed E-state index contributed by atoms with van der Waals surface area (Å²) in [6.07, 6.45) is 5.06. The third-order valence-corrected chi connectivity index (χ3v) is 4.99. The first kappa shape index (κ1) is 14.2. The molecule has 2 heterocycles. The van der Waals surface area contributed by atoms with Crippen LogP contribution in [0.3, 0.4) is 0 Å². The molecule has 112 valence electrons. The standard InChI is InChI=1S/C14H17N3O3S/c1-8(11(18)16-14-15-6-7-21-14)17-12(19)9-4-2-3-5-10(9)13(17)20/h6-10H,2-5H2,1H3,(H,15,16,18). The Bertz CT molecular complexity index is 548. The predicted molar refractivity (Wildman–Crippen MR) is 77.5 cm³/mol. The van der Waals surface area contributed by atoms with Crippen molar-refractivity contribution in [3.05, 3.63) is 11.6 Å². The second-order valence-corrected chi connectivity index (χ2v) is 6.44. The molecule has 1 saturated carbocycles. The lowest BCUT2D eigenvalue weighted by atomic mass is 9.81. The van der Waals surface area contributed by atoms with E-state index >= 15 is 0 Å². The van der Waals surface area contributed by atoms with Crippen LogP contribution in [-0.4, -0.2) is 33.6 Å². The third-order valence-electron chi connectivity index (χ3n) is 4.30. The Balaban J connectivity index is 1.74. The van der Waals surface area contributed by atoms with Crippen LogP contribution >= 0.6 is 11.3 Å². The van der Waals surface area contributed by atoms with Gasteiger partial charge in [-0.1, -0.05) is 12.8 Å². The summed E-state index contributed by atoms with van der Waals surface area (Å²) in [6.45, 7) is 1.59. The van der Waals surface area contributed by atoms with Crippen LogP contribution in [0.1, 0.15) is 32.6 Å². The number of imide groups is 1. The largest absolute Gasteiger partial charge is 0.300 e. The molecule has 3 amide bonds. The third kappa shape index (κ3) is 2.46. The van der Waals surface area contributed by atoms with Crippen molar-refractivity contribution >= 4 is 34.2 Å². The van der Waals surface area contributed by atoms with Gasteiger partial charge in [-0.25, -0.2) is 4.98 Å². The lowest BCUT2D eigenvalue weighted by Crippen LogP contribution is -2.46. The van der Waals surface area contributed by atoms with Gasteiger partial charge in [-0.2, -0.15) is 0 Å². The first-order chi connectivity index (χ1) is 10.1. The van der Waals surface area contributed by atoms with Gasteiger partial charge >= 0.3 is 0 Å². The highest BCUT2D eigenvalue weighted by Gasteiger charge is 2.50. The molecular weight excluding hydrogens is 290 g/mol. The molecule has 1 aliphatic carbocycles. The molecule has 2 fully saturated rings. The van der Waals surface area contributed by atoms with Crippen molar-refractivity contribution in [1.29, 1.82) is 0 Å². The fourth-order valence-corrected chi connectivity index (χ4v) is 3.71. The van der Waals surface area contributed by atoms with Gasteiger partial charge in [-0.15, -0.1) is 11.3 Å². The maximum Gasteiger partial charge on any atom is 0.249 e. The van der Waals surface area contributed by atoms with E-state index in [1.165, 1.54) is 11.3 Å². The van der Waals surface area contributed by atoms with E-state index in [0.29, 0.717) is 5.13 Å². The molecule has 3 unspecified atom stereocenters. The number of hydrogen-bond acceptors (Lipinski definition) is 5. The van der Waals surface area contributed by atoms with Gasteiger partial charge < -0.3 is 5.32 Å². The van der Waals surface area contributed by atoms with Crippen molar-refractivity contribution in [2.45, 2.75) is 38.6 Å². The number of aromatic nitrogens is 1. The van der Waals surface area contributed by atoms with Gasteiger partial charge in [-0.05, 0) is 19.8 Å². The van der Waals surface area contributed by atoms with Crippen molar-refractivity contribution in [3.8, 4) is 0 Å². The number of amides is 3. The molecule has 1 aliphatic heterocycles. The summed E-state index contributed by atoms with van der Waals surface area (Å²) in [5.41, 5.74) is 0. The van der Waals surface area contributed by atoms with E-state index in [1.807, 2.05) is 0 Å². The Kier molecular flexibility index (Phi) is 3.75. The average Bonchev–Trinajstić information content (AvgIpc) is 3.07. The SMILES string of the molecule is CC(C(=O)Nc1nccs1)N1C(=O)C2CCCCC2C1=O. The summed E-state index contributed by atoms with van der Waals surface area (Å²) >= 11 is 1.30. The maximum absolute atomic E-state index is 12.4. The molecule has 21 heavy (non-hydrogen) atoms. The normalized spacial score (nSPS) is 26.6. The van der Waals surface area contributed by atoms with E-state index < -0.39 is 6.04 Å². The molecule has 1 saturated heterocycles. The molecule has 0 aromatic carbocycles. The monoisotopic (exact) mass is 307 g/mol. The van der Waals surface area contributed by atoms with Crippen LogP contribution in [0.15, 0.2) is 11.6 Å². The first-order valence-corrected chi connectivity index (χ1v) is 8.05. The van der Waals surface area contributed by atoms with Gasteiger partial charge in [0.05, 0.1) is 11.8 Å². The van der Waals surface area contributed by atoms with Crippen molar-refractivity contribution in [2.75, 3.05) is 5.32 Å². The van der Waals surface area contributed by atoms with Gasteiger partial charge in [0, 0.05) is 11.6 Å². The van der Waals surface area contributed by atoms with Crippen LogP contribution in [0.4, 0.5) is 5.13 Å². The number of nitrogens with one attached hydrogen (secondary N) is 1. The number of hydrogen-bond donors (Lipinski definition) is 1. The molecule has 7 heteroatoms. The minimum atomic E-state index is -0.792. The molecule has 0 spiro atoms. The lowest BCUT2D eigenvalue weighted by Gasteiger charge is -2.21. The number of likely N-dealkylation sites (tertiary alicyclic amines) is 1. The Morgan fingerprint density at radius 3 is 2.48 bits per heavy atom. The maximum atomic E-state index is 12.4. The highest BCUT2D eigenvalue weighted by Crippen LogP contribution is 2.38. The summed E-state index contributed by atoms with van der Waals surface area (Å²) in [6, 6.07) is -0.792. The summed E-state index contributed by atoms with van der Waals surface area (Å²) in [5, 5.41) is 4.87. The number of carbonyl (C=O) groups excluding carboxylic acids is 3. The van der Waals surface area contributed by atoms with Gasteiger partial charge in [0.25, 0.3) is 0 Å². The van der Waals surface area contributed by atoms with E-state index in [-0.39, 0.29) is 29.6 Å². The molecule has 3 rings (SSSR count). The molecule has 0 bridgehead atoms. The number of thiazole rings is 1. The number of anilines is 1. The second-order valence-electron chi connectivity index (χ2n) is 5.55. The zero-order chi connectivity index (χ0) is 15.0. The lowest BCUT2D eigenvalue weighted by molar-refractivity contribution is -0.146. The average molecular weight is 307 g/mol. The fraction of sp³-hybridized carbons (Fsp3) is 0.571. The molecular formula is C14H17N3O3S. The van der Waals surface area contributed by atoms with Crippen LogP contribution in [-0.2, 0) is 14.4 Å². The smallest absolute Gasteiger partial charge is 0.249 e. The van der Waals surface area contributed by atoms with E-state index in [9.17, 15) is 14.4 Å². The van der Waals surface area contributed by atoms with Crippen LogP contribution in [0.5, 0.6) is 0 Å². The van der Waals surface area contributed by atoms with Crippen molar-refractivity contribution < 1.29 is 14.4 Å². The summed E-state index contributed by atoms with van der Waals surface area (Å²) in [4.78, 5) is 42.2. The minimum Gasteiger partial charge on any atom is -0.300 e. The van der Waals surface area contributed by atoms with Crippen LogP contribution in [0.25, 0.3) is 0 Å². The summed E-state index contributed by atoms with van der Waals surface area (Å²) in [5.74, 6) is -1.19. The van der Waals surface area contributed by atoms with E-state index in [0.717, 1.165) is 30.6 Å². The van der Waals surface area contributed by atoms with Crippen LogP contribution in [0, 0.1) is 11.8 Å². The van der Waals surface area contributed by atoms with E-state index in [4.69, 9.17) is 0 Å². The summed E-state index contributed by atoms with van der Waals surface area (Å²) < 4.78 is 0. The Labute approximate surface area is 126 Å². The van der Waals surface area contributed by atoms with Crippen LogP contribution < -0.4 is 5.32 Å². The van der Waals surface area contributed by atoms with E-state index in [1.54, 1.807) is 18.5 Å². The van der Waals surface area contributed by atoms with Crippen molar-refractivity contribution in [2.24, 2.45) is 11.8 Å². The minimum absolute atomic E-state index is 0.188. The zero-order valence-electron chi connectivity index (χ0n) is 11.7. The second kappa shape index (κ2) is 5.55.